The van der Waals surface area contributed by atoms with Gasteiger partial charge in [-0.3, -0.25) is 0 Å². The lowest BCUT2D eigenvalue weighted by Gasteiger charge is -2.07. The zero-order chi connectivity index (χ0) is 7.40. The Bertz CT molecular complexity index is 189. The van der Waals surface area contributed by atoms with Crippen molar-refractivity contribution in [3.63, 3.8) is 0 Å². The molecule has 0 saturated heterocycles. The Morgan fingerprint density at radius 3 is 2.80 bits per heavy atom. The summed E-state index contributed by atoms with van der Waals surface area (Å²) in [6, 6.07) is 0. The van der Waals surface area contributed by atoms with Crippen molar-refractivity contribution in [1.82, 2.24) is 0 Å². The molecule has 0 spiro atoms. The van der Waals surface area contributed by atoms with Crippen molar-refractivity contribution in [3.8, 4) is 0 Å². The van der Waals surface area contributed by atoms with Crippen molar-refractivity contribution in [3.05, 3.63) is 23.5 Å². The monoisotopic (exact) mass is 138 g/mol. The average Bonchev–Trinajstić information content (AvgIpc) is 1.95. The summed E-state index contributed by atoms with van der Waals surface area (Å²) >= 11 is 0. The largest absolute Gasteiger partial charge is 0.512 e. The summed E-state index contributed by atoms with van der Waals surface area (Å²) in [6.45, 7) is 0. The SMILES string of the molecule is O=CCC1=CC=C(O)CC1. The van der Waals surface area contributed by atoms with Crippen LogP contribution in [0.2, 0.25) is 0 Å². The molecule has 0 aromatic carbocycles. The minimum Gasteiger partial charge on any atom is -0.512 e. The first-order valence-electron chi connectivity index (χ1n) is 3.34. The molecule has 0 aromatic rings. The molecule has 0 bridgehead atoms. The van der Waals surface area contributed by atoms with Crippen LogP contribution in [0.5, 0.6) is 0 Å². The third kappa shape index (κ3) is 1.72. The third-order valence-electron chi connectivity index (χ3n) is 1.56. The van der Waals surface area contributed by atoms with Crippen molar-refractivity contribution >= 4 is 6.29 Å². The molecule has 1 aliphatic rings. The van der Waals surface area contributed by atoms with Crippen LogP contribution in [0.4, 0.5) is 0 Å². The first kappa shape index (κ1) is 7.06. The Morgan fingerprint density at radius 2 is 2.30 bits per heavy atom. The predicted octanol–water partition coefficient (Wildman–Crippen LogP) is 1.74. The van der Waals surface area contributed by atoms with Gasteiger partial charge in [-0.15, -0.1) is 0 Å². The summed E-state index contributed by atoms with van der Waals surface area (Å²) < 4.78 is 0. The maximum atomic E-state index is 10.0. The van der Waals surface area contributed by atoms with E-state index < -0.39 is 0 Å². The molecule has 0 amide bonds. The number of carbonyl (C=O) groups is 1. The van der Waals surface area contributed by atoms with E-state index >= 15 is 0 Å². The van der Waals surface area contributed by atoms with Crippen LogP contribution in [-0.4, -0.2) is 11.4 Å². The van der Waals surface area contributed by atoms with Gasteiger partial charge in [0.05, 0.1) is 5.76 Å². The summed E-state index contributed by atoms with van der Waals surface area (Å²) in [5, 5.41) is 8.92. The lowest BCUT2D eigenvalue weighted by Crippen LogP contribution is -1.92. The zero-order valence-corrected chi connectivity index (χ0v) is 5.71. The summed E-state index contributed by atoms with van der Waals surface area (Å²) in [5.74, 6) is 0.412. The predicted molar refractivity (Wildman–Crippen MR) is 38.7 cm³/mol. The Morgan fingerprint density at radius 1 is 1.50 bits per heavy atom. The zero-order valence-electron chi connectivity index (χ0n) is 5.71. The van der Waals surface area contributed by atoms with E-state index in [-0.39, 0.29) is 0 Å². The second-order valence-corrected chi connectivity index (χ2v) is 2.35. The fourth-order valence-electron chi connectivity index (χ4n) is 0.946. The van der Waals surface area contributed by atoms with Crippen LogP contribution in [0.1, 0.15) is 19.3 Å². The van der Waals surface area contributed by atoms with Gasteiger partial charge in [-0.05, 0) is 12.5 Å². The number of aliphatic hydroxyl groups excluding tert-OH is 1. The van der Waals surface area contributed by atoms with Gasteiger partial charge in [0.1, 0.15) is 6.29 Å². The molecule has 0 aliphatic heterocycles. The molecule has 0 radical (unpaired) electrons. The van der Waals surface area contributed by atoms with E-state index in [0.717, 1.165) is 18.3 Å². The highest BCUT2D eigenvalue weighted by Crippen LogP contribution is 2.17. The van der Waals surface area contributed by atoms with E-state index in [9.17, 15) is 4.79 Å². The molecular weight excluding hydrogens is 128 g/mol. The van der Waals surface area contributed by atoms with Crippen LogP contribution in [0, 0.1) is 0 Å². The molecule has 1 rings (SSSR count). The van der Waals surface area contributed by atoms with Crippen LogP contribution in [0.3, 0.4) is 0 Å². The van der Waals surface area contributed by atoms with E-state index in [0.29, 0.717) is 18.6 Å². The number of allylic oxidation sites excluding steroid dienone is 4. The van der Waals surface area contributed by atoms with Gasteiger partial charge in [0, 0.05) is 12.8 Å². The lowest BCUT2D eigenvalue weighted by molar-refractivity contribution is -0.107. The van der Waals surface area contributed by atoms with Crippen molar-refractivity contribution in [1.29, 1.82) is 0 Å². The first-order chi connectivity index (χ1) is 4.83. The molecule has 1 aliphatic carbocycles. The highest BCUT2D eigenvalue weighted by molar-refractivity contribution is 5.54. The molecule has 0 fully saturated rings. The van der Waals surface area contributed by atoms with Crippen molar-refractivity contribution in [2.45, 2.75) is 19.3 Å². The summed E-state index contributed by atoms with van der Waals surface area (Å²) in [5.41, 5.74) is 1.10. The van der Waals surface area contributed by atoms with Gasteiger partial charge in [0.15, 0.2) is 0 Å². The van der Waals surface area contributed by atoms with Crippen molar-refractivity contribution < 1.29 is 9.90 Å². The fraction of sp³-hybridized carbons (Fsp3) is 0.375. The second-order valence-electron chi connectivity index (χ2n) is 2.35. The molecular formula is C8H10O2. The topological polar surface area (TPSA) is 37.3 Å². The molecule has 2 heteroatoms. The molecule has 0 unspecified atom stereocenters. The molecule has 10 heavy (non-hydrogen) atoms. The Hall–Kier alpha value is -1.05. The summed E-state index contributed by atoms with van der Waals surface area (Å²) in [7, 11) is 0. The van der Waals surface area contributed by atoms with Crippen LogP contribution in [0.15, 0.2) is 23.5 Å². The average molecular weight is 138 g/mol. The first-order valence-corrected chi connectivity index (χ1v) is 3.34. The molecule has 1 N–H and O–H groups in total. The molecule has 0 atom stereocenters. The Labute approximate surface area is 59.9 Å². The normalized spacial score (nSPS) is 17.6. The minimum absolute atomic E-state index is 0.412. The highest BCUT2D eigenvalue weighted by Gasteiger charge is 2.03. The van der Waals surface area contributed by atoms with E-state index in [1.54, 1.807) is 6.08 Å². The van der Waals surface area contributed by atoms with Crippen molar-refractivity contribution in [2.75, 3.05) is 0 Å². The molecule has 0 heterocycles. The van der Waals surface area contributed by atoms with Gasteiger partial charge in [0.25, 0.3) is 0 Å². The van der Waals surface area contributed by atoms with E-state index in [1.807, 2.05) is 6.08 Å². The minimum atomic E-state index is 0.412. The Balaban J connectivity index is 2.55. The second kappa shape index (κ2) is 3.20. The maximum absolute atomic E-state index is 10.0. The van der Waals surface area contributed by atoms with Gasteiger partial charge in [-0.2, -0.15) is 0 Å². The van der Waals surface area contributed by atoms with Crippen LogP contribution in [-0.2, 0) is 4.79 Å². The fourth-order valence-corrected chi connectivity index (χ4v) is 0.946. The van der Waals surface area contributed by atoms with Crippen molar-refractivity contribution in [2.24, 2.45) is 0 Å². The maximum Gasteiger partial charge on any atom is 0.124 e. The van der Waals surface area contributed by atoms with E-state index in [4.69, 9.17) is 5.11 Å². The van der Waals surface area contributed by atoms with Gasteiger partial charge in [-0.1, -0.05) is 11.6 Å². The molecule has 0 saturated carbocycles. The molecule has 2 nitrogen and oxygen atoms in total. The number of aldehydes is 1. The van der Waals surface area contributed by atoms with Gasteiger partial charge in [-0.25, -0.2) is 0 Å². The van der Waals surface area contributed by atoms with E-state index in [1.165, 1.54) is 0 Å². The standard InChI is InChI=1S/C8H10O2/c9-6-5-7-1-3-8(10)4-2-7/h1,3,6,10H,2,4-5H2. The summed E-state index contributed by atoms with van der Waals surface area (Å²) in [6.07, 6.45) is 6.36. The quantitative estimate of drug-likeness (QED) is 0.590. The molecule has 0 aromatic heterocycles. The van der Waals surface area contributed by atoms with Crippen LogP contribution >= 0.6 is 0 Å². The third-order valence-corrected chi connectivity index (χ3v) is 1.56. The van der Waals surface area contributed by atoms with Gasteiger partial charge >= 0.3 is 0 Å². The number of rotatable bonds is 2. The number of hydrogen-bond acceptors (Lipinski definition) is 2. The number of aliphatic hydroxyl groups is 1. The number of hydrogen-bond donors (Lipinski definition) is 1. The number of carbonyl (C=O) groups excluding carboxylic acids is 1. The lowest BCUT2D eigenvalue weighted by atomic mass is 10.0. The molecule has 54 valence electrons. The van der Waals surface area contributed by atoms with Crippen LogP contribution in [0.25, 0.3) is 0 Å². The smallest absolute Gasteiger partial charge is 0.124 e. The van der Waals surface area contributed by atoms with Gasteiger partial charge in [0.2, 0.25) is 0 Å². The summed E-state index contributed by atoms with van der Waals surface area (Å²) in [4.78, 5) is 10.0. The Kier molecular flexibility index (Phi) is 2.26. The highest BCUT2D eigenvalue weighted by atomic mass is 16.3. The van der Waals surface area contributed by atoms with Crippen LogP contribution < -0.4 is 0 Å². The van der Waals surface area contributed by atoms with E-state index in [2.05, 4.69) is 0 Å². The van der Waals surface area contributed by atoms with Gasteiger partial charge < -0.3 is 9.90 Å².